The summed E-state index contributed by atoms with van der Waals surface area (Å²) in [5.41, 5.74) is 0.00575. The van der Waals surface area contributed by atoms with Crippen molar-refractivity contribution in [2.45, 2.75) is 103 Å². The Hall–Kier alpha value is -0.200. The van der Waals surface area contributed by atoms with E-state index >= 15 is 0 Å². The van der Waals surface area contributed by atoms with Crippen LogP contribution in [-0.4, -0.2) is 58.1 Å². The topological polar surface area (TPSA) is 90.2 Å². The number of ether oxygens (including phenoxy) is 1. The van der Waals surface area contributed by atoms with Crippen LogP contribution in [-0.2, 0) is 4.74 Å². The largest absolute Gasteiger partial charge is 0.396 e. The van der Waals surface area contributed by atoms with E-state index in [0.29, 0.717) is 42.1 Å². The van der Waals surface area contributed by atoms with Crippen LogP contribution in [0.4, 0.5) is 0 Å². The molecular weight excluding hydrogens is 404 g/mol. The van der Waals surface area contributed by atoms with Crippen LogP contribution in [0, 0.1) is 52.3 Å². The van der Waals surface area contributed by atoms with Crippen molar-refractivity contribution in [3.63, 3.8) is 0 Å². The quantitative estimate of drug-likeness (QED) is 0.516. The van der Waals surface area contributed by atoms with Crippen LogP contribution in [0.25, 0.3) is 0 Å². The van der Waals surface area contributed by atoms with Gasteiger partial charge in [-0.25, -0.2) is 0 Å². The maximum Gasteiger partial charge on any atom is 0.0647 e. The van der Waals surface area contributed by atoms with E-state index in [1.54, 1.807) is 0 Å². The highest BCUT2D eigenvalue weighted by Crippen LogP contribution is 2.68. The van der Waals surface area contributed by atoms with Crippen molar-refractivity contribution >= 4 is 0 Å². The fourth-order valence-electron chi connectivity index (χ4n) is 9.62. The SMILES string of the molecule is C[C@H](CCC1OCC1CO)[C@H]1CC[C@H]2[C@@H]3[C@H](O)C[C@@H]4C[C@H](O)CC[C@]4(C)[C@H]3C[C@H](O)[C@]12C. The number of aliphatic hydroxyl groups excluding tert-OH is 4. The van der Waals surface area contributed by atoms with Crippen LogP contribution in [0.3, 0.4) is 0 Å². The zero-order chi connectivity index (χ0) is 22.8. The summed E-state index contributed by atoms with van der Waals surface area (Å²) < 4.78 is 5.69. The van der Waals surface area contributed by atoms with Gasteiger partial charge in [0.25, 0.3) is 0 Å². The van der Waals surface area contributed by atoms with Gasteiger partial charge in [-0.05, 0) is 104 Å². The Morgan fingerprint density at radius 3 is 2.47 bits per heavy atom. The van der Waals surface area contributed by atoms with E-state index < -0.39 is 0 Å². The Morgan fingerprint density at radius 2 is 1.78 bits per heavy atom. The number of rotatable bonds is 5. The fraction of sp³-hybridized carbons (Fsp3) is 1.00. The lowest BCUT2D eigenvalue weighted by molar-refractivity contribution is -0.207. The normalized spacial score (nSPS) is 56.0. The van der Waals surface area contributed by atoms with Gasteiger partial charge in [0.05, 0.1) is 37.6 Å². The van der Waals surface area contributed by atoms with Crippen molar-refractivity contribution in [3.8, 4) is 0 Å². The van der Waals surface area contributed by atoms with Crippen molar-refractivity contribution in [2.75, 3.05) is 13.2 Å². The number of fused-ring (bicyclic) bond motifs is 5. The second-order valence-electron chi connectivity index (χ2n) is 12.9. The molecule has 4 aliphatic carbocycles. The van der Waals surface area contributed by atoms with Gasteiger partial charge in [0.2, 0.25) is 0 Å². The minimum Gasteiger partial charge on any atom is -0.396 e. The van der Waals surface area contributed by atoms with Crippen molar-refractivity contribution in [3.05, 3.63) is 0 Å². The summed E-state index contributed by atoms with van der Waals surface area (Å²) in [5.74, 6) is 2.68. The molecule has 0 bridgehead atoms. The molecule has 2 unspecified atom stereocenters. The van der Waals surface area contributed by atoms with E-state index in [2.05, 4.69) is 20.8 Å². The van der Waals surface area contributed by atoms with Crippen molar-refractivity contribution in [1.82, 2.24) is 0 Å². The molecule has 5 fully saturated rings. The molecule has 32 heavy (non-hydrogen) atoms. The van der Waals surface area contributed by atoms with E-state index in [1.807, 2.05) is 0 Å². The lowest BCUT2D eigenvalue weighted by atomic mass is 9.43. The van der Waals surface area contributed by atoms with E-state index in [4.69, 9.17) is 4.74 Å². The molecule has 0 aromatic heterocycles. The molecular formula is C27H46O5. The second-order valence-corrected chi connectivity index (χ2v) is 12.9. The summed E-state index contributed by atoms with van der Waals surface area (Å²) in [7, 11) is 0. The predicted octanol–water partition coefficient (Wildman–Crippen LogP) is 3.37. The van der Waals surface area contributed by atoms with E-state index in [0.717, 1.165) is 57.8 Å². The van der Waals surface area contributed by atoms with Crippen LogP contribution in [0.15, 0.2) is 0 Å². The van der Waals surface area contributed by atoms with Gasteiger partial charge < -0.3 is 25.2 Å². The third kappa shape index (κ3) is 3.44. The molecule has 1 aliphatic heterocycles. The minimum atomic E-state index is -0.316. The molecule has 5 rings (SSSR count). The maximum atomic E-state index is 11.7. The van der Waals surface area contributed by atoms with Crippen LogP contribution in [0.1, 0.15) is 78.6 Å². The monoisotopic (exact) mass is 450 g/mol. The molecule has 0 aromatic rings. The highest BCUT2D eigenvalue weighted by molar-refractivity contribution is 5.14. The Labute approximate surface area is 193 Å². The first-order valence-electron chi connectivity index (χ1n) is 13.5. The second kappa shape index (κ2) is 8.48. The Kier molecular flexibility index (Phi) is 6.24. The van der Waals surface area contributed by atoms with Gasteiger partial charge in [-0.1, -0.05) is 20.8 Å². The van der Waals surface area contributed by atoms with Crippen LogP contribution >= 0.6 is 0 Å². The van der Waals surface area contributed by atoms with Crippen LogP contribution < -0.4 is 0 Å². The predicted molar refractivity (Wildman–Crippen MR) is 123 cm³/mol. The molecule has 1 heterocycles. The van der Waals surface area contributed by atoms with Gasteiger partial charge in [-0.2, -0.15) is 0 Å². The number of aliphatic hydroxyl groups is 4. The zero-order valence-electron chi connectivity index (χ0n) is 20.3. The van der Waals surface area contributed by atoms with E-state index in [9.17, 15) is 20.4 Å². The molecule has 4 saturated carbocycles. The highest BCUT2D eigenvalue weighted by Gasteiger charge is 2.65. The number of hydrogen-bond acceptors (Lipinski definition) is 5. The molecule has 0 aromatic carbocycles. The highest BCUT2D eigenvalue weighted by atomic mass is 16.5. The summed E-state index contributed by atoms with van der Waals surface area (Å²) >= 11 is 0. The van der Waals surface area contributed by atoms with Gasteiger partial charge in [-0.15, -0.1) is 0 Å². The first kappa shape index (κ1) is 23.5. The van der Waals surface area contributed by atoms with Crippen LogP contribution in [0.2, 0.25) is 0 Å². The van der Waals surface area contributed by atoms with Gasteiger partial charge in [-0.3, -0.25) is 0 Å². The Morgan fingerprint density at radius 1 is 1.00 bits per heavy atom. The summed E-state index contributed by atoms with van der Waals surface area (Å²) in [6.07, 6.45) is 8.01. The molecule has 1 saturated heterocycles. The summed E-state index contributed by atoms with van der Waals surface area (Å²) in [5, 5.41) is 42.8. The molecule has 0 spiro atoms. The lowest BCUT2D eigenvalue weighted by Gasteiger charge is -2.63. The van der Waals surface area contributed by atoms with E-state index in [-0.39, 0.29) is 47.8 Å². The van der Waals surface area contributed by atoms with Gasteiger partial charge in [0.1, 0.15) is 0 Å². The molecule has 0 amide bonds. The summed E-state index contributed by atoms with van der Waals surface area (Å²) in [4.78, 5) is 0. The first-order chi connectivity index (χ1) is 15.2. The van der Waals surface area contributed by atoms with Gasteiger partial charge in [0, 0.05) is 5.92 Å². The molecule has 4 N–H and O–H groups in total. The molecule has 13 atom stereocenters. The number of hydrogen-bond donors (Lipinski definition) is 4. The first-order valence-corrected chi connectivity index (χ1v) is 13.5. The molecule has 5 heteroatoms. The van der Waals surface area contributed by atoms with Crippen molar-refractivity contribution < 1.29 is 25.2 Å². The third-order valence-corrected chi connectivity index (χ3v) is 11.7. The maximum absolute atomic E-state index is 11.7. The third-order valence-electron chi connectivity index (χ3n) is 11.7. The fourth-order valence-corrected chi connectivity index (χ4v) is 9.62. The van der Waals surface area contributed by atoms with E-state index in [1.165, 1.54) is 0 Å². The van der Waals surface area contributed by atoms with Crippen molar-refractivity contribution in [2.24, 2.45) is 52.3 Å². The standard InChI is InChI=1S/C27H46O5/c1-15(4-7-23-16(13-28)14-32-23)19-5-6-20-25-21(12-24(31)27(19,20)3)26(2)9-8-18(29)10-17(26)11-22(25)30/h15-25,28-31H,4-14H2,1-3H3/t15-,16?,17+,18-,19-,20+,21+,22-,23?,24+,25+,26+,27-/m1/s1. The average Bonchev–Trinajstić information content (AvgIpc) is 3.08. The smallest absolute Gasteiger partial charge is 0.0647 e. The molecule has 0 radical (unpaired) electrons. The minimum absolute atomic E-state index is 0.129. The average molecular weight is 451 g/mol. The van der Waals surface area contributed by atoms with Crippen LogP contribution in [0.5, 0.6) is 0 Å². The Balaban J connectivity index is 1.33. The molecule has 5 nitrogen and oxygen atoms in total. The summed E-state index contributed by atoms with van der Waals surface area (Å²) in [6.45, 7) is 7.98. The molecule has 5 aliphatic rings. The molecule has 184 valence electrons. The Bertz CT molecular complexity index is 683. The van der Waals surface area contributed by atoms with Crippen molar-refractivity contribution in [1.29, 1.82) is 0 Å². The summed E-state index contributed by atoms with van der Waals surface area (Å²) in [6, 6.07) is 0. The lowest BCUT2D eigenvalue weighted by Crippen LogP contribution is -2.62. The van der Waals surface area contributed by atoms with Gasteiger partial charge in [0.15, 0.2) is 0 Å². The zero-order valence-corrected chi connectivity index (χ0v) is 20.3. The van der Waals surface area contributed by atoms with Gasteiger partial charge >= 0.3 is 0 Å².